The summed E-state index contributed by atoms with van der Waals surface area (Å²) in [5.41, 5.74) is 5.11. The van der Waals surface area contributed by atoms with Crippen molar-refractivity contribution in [3.05, 3.63) is 64.7 Å². The van der Waals surface area contributed by atoms with Crippen molar-refractivity contribution in [2.24, 2.45) is 0 Å². The van der Waals surface area contributed by atoms with Crippen molar-refractivity contribution < 1.29 is 14.7 Å². The highest BCUT2D eigenvalue weighted by Gasteiger charge is 2.33. The summed E-state index contributed by atoms with van der Waals surface area (Å²) in [5, 5.41) is 9.14. The van der Waals surface area contributed by atoms with E-state index in [1.165, 1.54) is 11.1 Å². The molecule has 0 radical (unpaired) electrons. The molecule has 0 spiro atoms. The first-order valence-electron chi connectivity index (χ1n) is 8.38. The third-order valence-corrected chi connectivity index (χ3v) is 5.08. The number of rotatable bonds is 3. The molecule has 1 N–H and O–H groups in total. The lowest BCUT2D eigenvalue weighted by Gasteiger charge is -2.18. The number of aryl methyl sites for hydroxylation is 2. The standard InChI is InChI=1S/C20H19NO3/c22-19(23)11-16-12-21(18-7-2-1-6-17(16)18)20(24)15-9-8-13-4-3-5-14(13)10-15/h1-2,6-10,16H,3-5,11-12H2,(H,22,23). The van der Waals surface area contributed by atoms with Gasteiger partial charge in [-0.2, -0.15) is 0 Å². The third-order valence-electron chi connectivity index (χ3n) is 5.08. The average Bonchev–Trinajstić information content (AvgIpc) is 3.18. The predicted molar refractivity (Wildman–Crippen MR) is 91.6 cm³/mol. The largest absolute Gasteiger partial charge is 0.481 e. The van der Waals surface area contributed by atoms with Crippen LogP contribution in [0, 0.1) is 0 Å². The first kappa shape index (κ1) is 14.9. The fourth-order valence-electron chi connectivity index (χ4n) is 3.93. The molecule has 1 aliphatic carbocycles. The maximum absolute atomic E-state index is 13.0. The second-order valence-electron chi connectivity index (χ2n) is 6.61. The summed E-state index contributed by atoms with van der Waals surface area (Å²) in [6.45, 7) is 0.432. The Kier molecular flexibility index (Phi) is 3.60. The Hall–Kier alpha value is -2.62. The minimum Gasteiger partial charge on any atom is -0.481 e. The molecule has 0 saturated heterocycles. The fraction of sp³-hybridized carbons (Fsp3) is 0.300. The van der Waals surface area contributed by atoms with Gasteiger partial charge in [-0.1, -0.05) is 24.3 Å². The molecule has 0 bridgehead atoms. The number of carbonyl (C=O) groups is 2. The molecule has 122 valence electrons. The molecular weight excluding hydrogens is 302 g/mol. The van der Waals surface area contributed by atoms with Gasteiger partial charge in [-0.05, 0) is 54.2 Å². The van der Waals surface area contributed by atoms with Gasteiger partial charge >= 0.3 is 5.97 Å². The van der Waals surface area contributed by atoms with Gasteiger partial charge < -0.3 is 10.0 Å². The molecule has 1 amide bonds. The molecule has 4 heteroatoms. The predicted octanol–water partition coefficient (Wildman–Crippen LogP) is 3.39. The Morgan fingerprint density at radius 3 is 2.71 bits per heavy atom. The van der Waals surface area contributed by atoms with Gasteiger partial charge in [0.05, 0.1) is 6.42 Å². The Labute approximate surface area is 140 Å². The summed E-state index contributed by atoms with van der Waals surface area (Å²) in [7, 11) is 0. The molecule has 2 aliphatic rings. The second kappa shape index (κ2) is 5.78. The van der Waals surface area contributed by atoms with Gasteiger partial charge in [-0.3, -0.25) is 9.59 Å². The number of anilines is 1. The number of benzene rings is 2. The van der Waals surface area contributed by atoms with Crippen molar-refractivity contribution >= 4 is 17.6 Å². The average molecular weight is 321 g/mol. The van der Waals surface area contributed by atoms with Gasteiger partial charge in [0.25, 0.3) is 5.91 Å². The van der Waals surface area contributed by atoms with Crippen LogP contribution < -0.4 is 4.90 Å². The number of para-hydroxylation sites is 1. The number of hydrogen-bond acceptors (Lipinski definition) is 2. The summed E-state index contributed by atoms with van der Waals surface area (Å²) in [6.07, 6.45) is 3.33. The lowest BCUT2D eigenvalue weighted by Crippen LogP contribution is -2.30. The molecule has 1 aliphatic heterocycles. The number of fused-ring (bicyclic) bond motifs is 2. The van der Waals surface area contributed by atoms with Crippen LogP contribution in [0.25, 0.3) is 0 Å². The van der Waals surface area contributed by atoms with Gasteiger partial charge in [0.2, 0.25) is 0 Å². The molecule has 1 heterocycles. The molecule has 24 heavy (non-hydrogen) atoms. The second-order valence-corrected chi connectivity index (χ2v) is 6.61. The van der Waals surface area contributed by atoms with Gasteiger partial charge in [0, 0.05) is 23.7 Å². The van der Waals surface area contributed by atoms with Crippen LogP contribution in [0.5, 0.6) is 0 Å². The van der Waals surface area contributed by atoms with E-state index in [-0.39, 0.29) is 18.2 Å². The molecule has 0 saturated carbocycles. The van der Waals surface area contributed by atoms with E-state index in [2.05, 4.69) is 6.07 Å². The molecule has 2 aromatic rings. The van der Waals surface area contributed by atoms with Crippen LogP contribution in [0.2, 0.25) is 0 Å². The van der Waals surface area contributed by atoms with Crippen molar-refractivity contribution in [1.82, 2.24) is 0 Å². The number of aliphatic carboxylic acids is 1. The SMILES string of the molecule is O=C(O)CC1CN(C(=O)c2ccc3c(c2)CCC3)c2ccccc21. The lowest BCUT2D eigenvalue weighted by atomic mass is 9.98. The first-order chi connectivity index (χ1) is 11.6. The van der Waals surface area contributed by atoms with E-state index in [4.69, 9.17) is 5.11 Å². The van der Waals surface area contributed by atoms with Gasteiger partial charge in [-0.25, -0.2) is 0 Å². The minimum absolute atomic E-state index is 0.0370. The van der Waals surface area contributed by atoms with E-state index >= 15 is 0 Å². The van der Waals surface area contributed by atoms with Crippen LogP contribution in [0.15, 0.2) is 42.5 Å². The molecule has 0 fully saturated rings. The minimum atomic E-state index is -0.832. The molecule has 0 aromatic heterocycles. The van der Waals surface area contributed by atoms with Crippen LogP contribution in [0.1, 0.15) is 45.8 Å². The third kappa shape index (κ3) is 2.48. The van der Waals surface area contributed by atoms with E-state index in [0.717, 1.165) is 30.5 Å². The van der Waals surface area contributed by atoms with Crippen LogP contribution >= 0.6 is 0 Å². The highest BCUT2D eigenvalue weighted by Crippen LogP contribution is 2.39. The summed E-state index contributed by atoms with van der Waals surface area (Å²) in [6, 6.07) is 13.6. The van der Waals surface area contributed by atoms with Crippen molar-refractivity contribution in [2.45, 2.75) is 31.6 Å². The summed E-state index contributed by atoms with van der Waals surface area (Å²) in [5.74, 6) is -1.01. The van der Waals surface area contributed by atoms with E-state index in [9.17, 15) is 9.59 Å². The van der Waals surface area contributed by atoms with Crippen LogP contribution in [-0.4, -0.2) is 23.5 Å². The van der Waals surface area contributed by atoms with Crippen molar-refractivity contribution in [1.29, 1.82) is 0 Å². The summed E-state index contributed by atoms with van der Waals surface area (Å²) in [4.78, 5) is 25.9. The number of carboxylic acid groups (broad SMARTS) is 1. The number of carboxylic acids is 1. The highest BCUT2D eigenvalue weighted by molar-refractivity contribution is 6.07. The topological polar surface area (TPSA) is 57.6 Å². The maximum Gasteiger partial charge on any atom is 0.304 e. The molecule has 1 atom stereocenters. The summed E-state index contributed by atoms with van der Waals surface area (Å²) >= 11 is 0. The van der Waals surface area contributed by atoms with E-state index in [0.29, 0.717) is 12.1 Å². The Morgan fingerprint density at radius 2 is 1.88 bits per heavy atom. The number of carbonyl (C=O) groups excluding carboxylic acids is 1. The van der Waals surface area contributed by atoms with Gasteiger partial charge in [-0.15, -0.1) is 0 Å². The number of hydrogen-bond donors (Lipinski definition) is 1. The molecular formula is C20H19NO3. The highest BCUT2D eigenvalue weighted by atomic mass is 16.4. The summed E-state index contributed by atoms with van der Waals surface area (Å²) < 4.78 is 0. The zero-order chi connectivity index (χ0) is 16.7. The monoisotopic (exact) mass is 321 g/mol. The lowest BCUT2D eigenvalue weighted by molar-refractivity contribution is -0.137. The molecule has 1 unspecified atom stereocenters. The quantitative estimate of drug-likeness (QED) is 0.942. The normalized spacial score (nSPS) is 18.3. The molecule has 4 rings (SSSR count). The van der Waals surface area contributed by atoms with Crippen molar-refractivity contribution in [3.8, 4) is 0 Å². The van der Waals surface area contributed by atoms with E-state index in [1.807, 2.05) is 36.4 Å². The van der Waals surface area contributed by atoms with Crippen LogP contribution in [0.4, 0.5) is 5.69 Å². The molecule has 4 nitrogen and oxygen atoms in total. The van der Waals surface area contributed by atoms with E-state index in [1.54, 1.807) is 4.90 Å². The fourth-order valence-corrected chi connectivity index (χ4v) is 3.93. The maximum atomic E-state index is 13.0. The van der Waals surface area contributed by atoms with Crippen LogP contribution in [-0.2, 0) is 17.6 Å². The molecule has 2 aromatic carbocycles. The first-order valence-corrected chi connectivity index (χ1v) is 8.38. The smallest absolute Gasteiger partial charge is 0.304 e. The number of amides is 1. The zero-order valence-electron chi connectivity index (χ0n) is 13.4. The van der Waals surface area contributed by atoms with Crippen molar-refractivity contribution in [2.75, 3.05) is 11.4 Å². The van der Waals surface area contributed by atoms with Gasteiger partial charge in [0.1, 0.15) is 0 Å². The van der Waals surface area contributed by atoms with Crippen LogP contribution in [0.3, 0.4) is 0 Å². The zero-order valence-corrected chi connectivity index (χ0v) is 13.4. The van der Waals surface area contributed by atoms with E-state index < -0.39 is 5.97 Å². The van der Waals surface area contributed by atoms with Crippen molar-refractivity contribution in [3.63, 3.8) is 0 Å². The number of nitrogens with zero attached hydrogens (tertiary/aromatic N) is 1. The van der Waals surface area contributed by atoms with Gasteiger partial charge in [0.15, 0.2) is 0 Å². The Bertz CT molecular complexity index is 827. The Balaban J connectivity index is 1.66. The Morgan fingerprint density at radius 1 is 1.08 bits per heavy atom.